The Bertz CT molecular complexity index is 791. The van der Waals surface area contributed by atoms with Crippen molar-refractivity contribution in [1.29, 1.82) is 0 Å². The summed E-state index contributed by atoms with van der Waals surface area (Å²) in [6.45, 7) is -0.00292. The lowest BCUT2D eigenvalue weighted by atomic mass is 10.1. The Morgan fingerprint density at radius 3 is 2.72 bits per heavy atom. The number of carboxylic acid groups (broad SMARTS) is 1. The van der Waals surface area contributed by atoms with Crippen molar-refractivity contribution < 1.29 is 19.6 Å². The van der Waals surface area contributed by atoms with E-state index in [2.05, 4.69) is 0 Å². The first-order valence-corrected chi connectivity index (χ1v) is 8.36. The van der Waals surface area contributed by atoms with E-state index in [1.165, 1.54) is 17.0 Å². The Labute approximate surface area is 153 Å². The highest BCUT2D eigenvalue weighted by Gasteiger charge is 2.32. The highest BCUT2D eigenvalue weighted by molar-refractivity contribution is 8.26. The van der Waals surface area contributed by atoms with Crippen LogP contribution in [0.25, 0.3) is 6.08 Å². The standard InChI is InChI=1S/C15H15N3O5S2/c1-16(2)10-4-3-9(7-11(10)18(22)23)8-12-14(21)17(15(24)25-12)6-5-13(19)20/h3-4,7-8H,5-6H2,1-2H3,(H,19,20)/b12-8-. The Kier molecular flexibility index (Phi) is 5.75. The fraction of sp³-hybridized carbons (Fsp3) is 0.267. The number of benzene rings is 1. The Morgan fingerprint density at radius 1 is 1.48 bits per heavy atom. The maximum absolute atomic E-state index is 12.3. The molecule has 10 heteroatoms. The number of anilines is 1. The number of nitro groups is 1. The first kappa shape index (κ1) is 18.9. The molecule has 0 aliphatic carbocycles. The Balaban J connectivity index is 2.30. The summed E-state index contributed by atoms with van der Waals surface area (Å²) in [5.41, 5.74) is 0.882. The summed E-state index contributed by atoms with van der Waals surface area (Å²) in [5, 5.41) is 20.0. The number of aliphatic carboxylic acids is 1. The molecule has 1 amide bonds. The minimum Gasteiger partial charge on any atom is -0.481 e. The van der Waals surface area contributed by atoms with Crippen LogP contribution in [0.5, 0.6) is 0 Å². The topological polar surface area (TPSA) is 104 Å². The van der Waals surface area contributed by atoms with Gasteiger partial charge in [0.1, 0.15) is 10.0 Å². The lowest BCUT2D eigenvalue weighted by molar-refractivity contribution is -0.384. The fourth-order valence-corrected chi connectivity index (χ4v) is 3.51. The van der Waals surface area contributed by atoms with Crippen LogP contribution >= 0.6 is 24.0 Å². The summed E-state index contributed by atoms with van der Waals surface area (Å²) < 4.78 is 0.275. The number of carbonyl (C=O) groups is 2. The smallest absolute Gasteiger partial charge is 0.305 e. The molecule has 0 bridgehead atoms. The molecule has 1 aliphatic heterocycles. The highest BCUT2D eigenvalue weighted by atomic mass is 32.2. The van der Waals surface area contributed by atoms with Gasteiger partial charge in [-0.1, -0.05) is 30.0 Å². The van der Waals surface area contributed by atoms with Crippen molar-refractivity contribution in [2.75, 3.05) is 25.5 Å². The van der Waals surface area contributed by atoms with Gasteiger partial charge in [0.2, 0.25) is 0 Å². The van der Waals surface area contributed by atoms with E-state index in [1.54, 1.807) is 31.1 Å². The number of thioether (sulfide) groups is 1. The normalized spacial score (nSPS) is 15.8. The van der Waals surface area contributed by atoms with E-state index in [9.17, 15) is 19.7 Å². The fourth-order valence-electron chi connectivity index (χ4n) is 2.21. The number of carbonyl (C=O) groups excluding carboxylic acids is 1. The summed E-state index contributed by atoms with van der Waals surface area (Å²) in [6, 6.07) is 4.67. The maximum atomic E-state index is 12.3. The number of thiocarbonyl (C=S) groups is 1. The largest absolute Gasteiger partial charge is 0.481 e. The molecule has 1 heterocycles. The van der Waals surface area contributed by atoms with Crippen molar-refractivity contribution in [3.05, 3.63) is 38.8 Å². The van der Waals surface area contributed by atoms with Gasteiger partial charge in [0.15, 0.2) is 0 Å². The molecule has 0 atom stereocenters. The van der Waals surface area contributed by atoms with Crippen molar-refractivity contribution in [3.8, 4) is 0 Å². The molecule has 0 radical (unpaired) electrons. The average Bonchev–Trinajstić information content (AvgIpc) is 2.78. The second kappa shape index (κ2) is 7.62. The third-order valence-corrected chi connectivity index (χ3v) is 4.78. The van der Waals surface area contributed by atoms with E-state index in [0.717, 1.165) is 11.8 Å². The molecular formula is C15H15N3O5S2. The molecule has 1 N–H and O–H groups in total. The van der Waals surface area contributed by atoms with Crippen LogP contribution in [0.3, 0.4) is 0 Å². The number of nitrogens with zero attached hydrogens (tertiary/aromatic N) is 3. The summed E-state index contributed by atoms with van der Waals surface area (Å²) in [6.07, 6.45) is 1.31. The number of nitro benzene ring substituents is 1. The van der Waals surface area contributed by atoms with E-state index >= 15 is 0 Å². The third-order valence-electron chi connectivity index (χ3n) is 3.40. The van der Waals surface area contributed by atoms with Gasteiger partial charge >= 0.3 is 5.97 Å². The summed E-state index contributed by atoms with van der Waals surface area (Å²) in [7, 11) is 3.41. The second-order valence-electron chi connectivity index (χ2n) is 5.38. The quantitative estimate of drug-likeness (QED) is 0.347. The van der Waals surface area contributed by atoms with Crippen LogP contribution in [0.2, 0.25) is 0 Å². The van der Waals surface area contributed by atoms with Gasteiger partial charge in [-0.25, -0.2) is 0 Å². The van der Waals surface area contributed by atoms with Crippen molar-refractivity contribution in [1.82, 2.24) is 4.90 Å². The second-order valence-corrected chi connectivity index (χ2v) is 7.05. The number of hydrogen-bond donors (Lipinski definition) is 1. The molecule has 0 spiro atoms. The van der Waals surface area contributed by atoms with Crippen LogP contribution in [0.4, 0.5) is 11.4 Å². The summed E-state index contributed by atoms with van der Waals surface area (Å²) in [4.78, 5) is 36.9. The molecule has 0 unspecified atom stereocenters. The van der Waals surface area contributed by atoms with Gasteiger partial charge in [-0.15, -0.1) is 0 Å². The van der Waals surface area contributed by atoms with Crippen LogP contribution in [-0.2, 0) is 9.59 Å². The van der Waals surface area contributed by atoms with Gasteiger partial charge in [-0.2, -0.15) is 0 Å². The molecular weight excluding hydrogens is 366 g/mol. The predicted molar refractivity (Wildman–Crippen MR) is 99.6 cm³/mol. The van der Waals surface area contributed by atoms with E-state index in [1.807, 2.05) is 0 Å². The maximum Gasteiger partial charge on any atom is 0.305 e. The molecule has 0 saturated carbocycles. The predicted octanol–water partition coefficient (Wildman–Crippen LogP) is 2.34. The van der Waals surface area contributed by atoms with Gasteiger partial charge in [0, 0.05) is 26.7 Å². The summed E-state index contributed by atoms with van der Waals surface area (Å²) >= 11 is 6.15. The third kappa shape index (κ3) is 4.34. The summed E-state index contributed by atoms with van der Waals surface area (Å²) in [5.74, 6) is -1.41. The number of rotatable bonds is 6. The van der Waals surface area contributed by atoms with E-state index in [4.69, 9.17) is 17.3 Å². The lowest BCUT2D eigenvalue weighted by Gasteiger charge is -2.13. The van der Waals surface area contributed by atoms with Crippen molar-refractivity contribution in [3.63, 3.8) is 0 Å². The van der Waals surface area contributed by atoms with Crippen LogP contribution in [0.15, 0.2) is 23.1 Å². The molecule has 132 valence electrons. The first-order valence-electron chi connectivity index (χ1n) is 7.13. The van der Waals surface area contributed by atoms with Crippen molar-refractivity contribution in [2.24, 2.45) is 0 Å². The first-order chi connectivity index (χ1) is 11.7. The molecule has 1 fully saturated rings. The zero-order valence-corrected chi connectivity index (χ0v) is 15.1. The molecule has 2 rings (SSSR count). The molecule has 1 aromatic carbocycles. The number of amides is 1. The van der Waals surface area contributed by atoms with Gasteiger partial charge in [-0.05, 0) is 17.7 Å². The molecule has 1 aliphatic rings. The van der Waals surface area contributed by atoms with E-state index in [0.29, 0.717) is 16.2 Å². The zero-order valence-electron chi connectivity index (χ0n) is 13.5. The minimum atomic E-state index is -1.02. The minimum absolute atomic E-state index is 0.00292. The Hall–Kier alpha value is -2.46. The Morgan fingerprint density at radius 2 is 2.16 bits per heavy atom. The van der Waals surface area contributed by atoms with E-state index in [-0.39, 0.29) is 23.0 Å². The van der Waals surface area contributed by atoms with Crippen molar-refractivity contribution >= 4 is 57.6 Å². The van der Waals surface area contributed by atoms with Crippen molar-refractivity contribution in [2.45, 2.75) is 6.42 Å². The van der Waals surface area contributed by atoms with Gasteiger partial charge < -0.3 is 10.0 Å². The lowest BCUT2D eigenvalue weighted by Crippen LogP contribution is -2.30. The number of hydrogen-bond acceptors (Lipinski definition) is 7. The van der Waals surface area contributed by atoms with Gasteiger partial charge in [0.25, 0.3) is 11.6 Å². The monoisotopic (exact) mass is 381 g/mol. The van der Waals surface area contributed by atoms with Crippen LogP contribution in [0.1, 0.15) is 12.0 Å². The van der Waals surface area contributed by atoms with Gasteiger partial charge in [0.05, 0.1) is 16.2 Å². The molecule has 0 aromatic heterocycles. The SMILES string of the molecule is CN(C)c1ccc(/C=C2\SC(=S)N(CCC(=O)O)C2=O)cc1[N+](=O)[O-]. The van der Waals surface area contributed by atoms with Crippen LogP contribution in [-0.4, -0.2) is 51.8 Å². The van der Waals surface area contributed by atoms with Crippen LogP contribution in [0, 0.1) is 10.1 Å². The van der Waals surface area contributed by atoms with Gasteiger partial charge in [-0.3, -0.25) is 24.6 Å². The molecule has 8 nitrogen and oxygen atoms in total. The molecule has 1 aromatic rings. The van der Waals surface area contributed by atoms with E-state index < -0.39 is 16.8 Å². The molecule has 25 heavy (non-hydrogen) atoms. The zero-order chi connectivity index (χ0) is 18.7. The molecule has 1 saturated heterocycles. The van der Waals surface area contributed by atoms with Crippen LogP contribution < -0.4 is 4.90 Å². The number of carboxylic acids is 1. The average molecular weight is 381 g/mol. The highest BCUT2D eigenvalue weighted by Crippen LogP contribution is 2.34.